The Morgan fingerprint density at radius 3 is 2.75 bits per heavy atom. The lowest BCUT2D eigenvalue weighted by Gasteiger charge is -2.04. The summed E-state index contributed by atoms with van der Waals surface area (Å²) in [6, 6.07) is 4.87. The molecule has 2 heterocycles. The number of carbonyl (C=O) groups is 1. The average molecular weight is 235 g/mol. The molecule has 0 spiro atoms. The number of hydrogen-bond donors (Lipinski definition) is 1. The van der Waals surface area contributed by atoms with Crippen molar-refractivity contribution in [2.75, 3.05) is 0 Å². The van der Waals surface area contributed by atoms with Crippen molar-refractivity contribution in [2.45, 2.75) is 0 Å². The van der Waals surface area contributed by atoms with E-state index in [2.05, 4.69) is 9.97 Å². The number of rotatable bonds is 2. The molecule has 0 aromatic carbocycles. The minimum absolute atomic E-state index is 0.0375. The molecule has 5 heteroatoms. The second kappa shape index (κ2) is 4.28. The summed E-state index contributed by atoms with van der Waals surface area (Å²) < 4.78 is 0. The first kappa shape index (κ1) is 10.6. The van der Waals surface area contributed by atoms with Crippen LogP contribution in [0, 0.1) is 0 Å². The molecule has 2 aromatic rings. The van der Waals surface area contributed by atoms with E-state index in [-0.39, 0.29) is 10.6 Å². The number of aromatic nitrogens is 2. The monoisotopic (exact) mass is 234 g/mol. The van der Waals surface area contributed by atoms with Crippen molar-refractivity contribution >= 4 is 17.6 Å². The van der Waals surface area contributed by atoms with E-state index in [4.69, 9.17) is 16.7 Å². The van der Waals surface area contributed by atoms with Crippen LogP contribution >= 0.6 is 11.6 Å². The van der Waals surface area contributed by atoms with Gasteiger partial charge < -0.3 is 5.11 Å². The van der Waals surface area contributed by atoms with Crippen molar-refractivity contribution in [3.05, 3.63) is 47.4 Å². The van der Waals surface area contributed by atoms with Gasteiger partial charge in [-0.2, -0.15) is 0 Å². The van der Waals surface area contributed by atoms with E-state index in [9.17, 15) is 4.79 Å². The zero-order valence-electron chi connectivity index (χ0n) is 8.09. The molecule has 0 amide bonds. The Balaban J connectivity index is 2.59. The Labute approximate surface area is 96.6 Å². The number of hydrogen-bond acceptors (Lipinski definition) is 3. The van der Waals surface area contributed by atoms with Gasteiger partial charge in [-0.3, -0.25) is 9.97 Å². The minimum Gasteiger partial charge on any atom is -0.478 e. The standard InChI is InChI=1S/C11H7ClN2O2/c12-9-8(11(15)16)3-5-14-10(9)7-2-1-4-13-6-7/h1-6H,(H,15,16). The maximum absolute atomic E-state index is 10.9. The first-order valence-corrected chi connectivity index (χ1v) is 4.86. The first-order chi connectivity index (χ1) is 7.70. The molecular weight excluding hydrogens is 228 g/mol. The van der Waals surface area contributed by atoms with Crippen molar-refractivity contribution in [1.82, 2.24) is 9.97 Å². The van der Waals surface area contributed by atoms with Gasteiger partial charge in [0.2, 0.25) is 0 Å². The number of nitrogens with zero attached hydrogens (tertiary/aromatic N) is 2. The lowest BCUT2D eigenvalue weighted by atomic mass is 10.1. The molecule has 0 radical (unpaired) electrons. The maximum atomic E-state index is 10.9. The lowest BCUT2D eigenvalue weighted by Crippen LogP contribution is -1.99. The molecule has 0 saturated carbocycles. The SMILES string of the molecule is O=C(O)c1ccnc(-c2cccnc2)c1Cl. The normalized spacial score (nSPS) is 10.1. The molecule has 4 nitrogen and oxygen atoms in total. The highest BCUT2D eigenvalue weighted by molar-refractivity contribution is 6.35. The van der Waals surface area contributed by atoms with E-state index in [1.807, 2.05) is 0 Å². The minimum atomic E-state index is -1.07. The van der Waals surface area contributed by atoms with Crippen LogP contribution in [0.3, 0.4) is 0 Å². The number of carboxylic acid groups (broad SMARTS) is 1. The topological polar surface area (TPSA) is 63.1 Å². The fraction of sp³-hybridized carbons (Fsp3) is 0. The van der Waals surface area contributed by atoms with Crippen molar-refractivity contribution < 1.29 is 9.90 Å². The van der Waals surface area contributed by atoms with E-state index in [1.165, 1.54) is 12.3 Å². The van der Waals surface area contributed by atoms with Crippen molar-refractivity contribution in [3.63, 3.8) is 0 Å². The molecule has 0 fully saturated rings. The molecule has 80 valence electrons. The van der Waals surface area contributed by atoms with Crippen LogP contribution in [0.1, 0.15) is 10.4 Å². The molecular formula is C11H7ClN2O2. The third-order valence-electron chi connectivity index (χ3n) is 2.05. The Morgan fingerprint density at radius 2 is 2.12 bits per heavy atom. The highest BCUT2D eigenvalue weighted by Gasteiger charge is 2.14. The van der Waals surface area contributed by atoms with Crippen LogP contribution in [0.25, 0.3) is 11.3 Å². The molecule has 0 aliphatic rings. The van der Waals surface area contributed by atoms with Crippen LogP contribution in [-0.4, -0.2) is 21.0 Å². The van der Waals surface area contributed by atoms with Crippen molar-refractivity contribution in [1.29, 1.82) is 0 Å². The summed E-state index contributed by atoms with van der Waals surface area (Å²) in [6.45, 7) is 0. The van der Waals surface area contributed by atoms with E-state index in [0.717, 1.165) is 0 Å². The van der Waals surface area contributed by atoms with E-state index in [1.54, 1.807) is 24.5 Å². The van der Waals surface area contributed by atoms with Crippen LogP contribution < -0.4 is 0 Å². The van der Waals surface area contributed by atoms with Gasteiger partial charge in [0.25, 0.3) is 0 Å². The Morgan fingerprint density at radius 1 is 1.31 bits per heavy atom. The highest BCUT2D eigenvalue weighted by Crippen LogP contribution is 2.27. The first-order valence-electron chi connectivity index (χ1n) is 4.48. The lowest BCUT2D eigenvalue weighted by molar-refractivity contribution is 0.0697. The van der Waals surface area contributed by atoms with Crippen LogP contribution in [0.4, 0.5) is 0 Å². The average Bonchev–Trinajstić information content (AvgIpc) is 2.30. The molecule has 16 heavy (non-hydrogen) atoms. The Bertz CT molecular complexity index is 529. The smallest absolute Gasteiger partial charge is 0.337 e. The predicted molar refractivity (Wildman–Crippen MR) is 59.4 cm³/mol. The molecule has 0 atom stereocenters. The summed E-state index contributed by atoms with van der Waals surface area (Å²) in [5, 5.41) is 9.04. The largest absolute Gasteiger partial charge is 0.478 e. The van der Waals surface area contributed by atoms with Crippen molar-refractivity contribution in [3.8, 4) is 11.3 Å². The van der Waals surface area contributed by atoms with Gasteiger partial charge in [-0.15, -0.1) is 0 Å². The number of halogens is 1. The molecule has 0 aliphatic heterocycles. The maximum Gasteiger partial charge on any atom is 0.337 e. The Kier molecular flexibility index (Phi) is 2.83. The zero-order valence-corrected chi connectivity index (χ0v) is 8.85. The molecule has 0 unspecified atom stereocenters. The van der Waals surface area contributed by atoms with E-state index < -0.39 is 5.97 Å². The molecule has 2 aromatic heterocycles. The molecule has 2 rings (SSSR count). The quantitative estimate of drug-likeness (QED) is 0.867. The fourth-order valence-electron chi connectivity index (χ4n) is 1.31. The third-order valence-corrected chi connectivity index (χ3v) is 2.44. The van der Waals surface area contributed by atoms with Gasteiger partial charge in [0, 0.05) is 24.2 Å². The Hall–Kier alpha value is -1.94. The zero-order chi connectivity index (χ0) is 11.5. The molecule has 0 aliphatic carbocycles. The van der Waals surface area contributed by atoms with E-state index in [0.29, 0.717) is 11.3 Å². The van der Waals surface area contributed by atoms with Gasteiger partial charge >= 0.3 is 5.97 Å². The number of carboxylic acids is 1. The van der Waals surface area contributed by atoms with Gasteiger partial charge in [0.15, 0.2) is 0 Å². The van der Waals surface area contributed by atoms with Crippen LogP contribution in [0.5, 0.6) is 0 Å². The van der Waals surface area contributed by atoms with Crippen LogP contribution in [-0.2, 0) is 0 Å². The van der Waals surface area contributed by atoms with E-state index >= 15 is 0 Å². The van der Waals surface area contributed by atoms with Gasteiger partial charge in [-0.25, -0.2) is 4.79 Å². The second-order valence-corrected chi connectivity index (χ2v) is 3.45. The second-order valence-electron chi connectivity index (χ2n) is 3.07. The van der Waals surface area contributed by atoms with Gasteiger partial charge in [-0.1, -0.05) is 11.6 Å². The fourth-order valence-corrected chi connectivity index (χ4v) is 1.61. The predicted octanol–water partition coefficient (Wildman–Crippen LogP) is 2.50. The van der Waals surface area contributed by atoms with Crippen LogP contribution in [0.2, 0.25) is 5.02 Å². The van der Waals surface area contributed by atoms with Gasteiger partial charge in [-0.05, 0) is 18.2 Å². The third kappa shape index (κ3) is 1.87. The van der Waals surface area contributed by atoms with Crippen LogP contribution in [0.15, 0.2) is 36.8 Å². The summed E-state index contributed by atoms with van der Waals surface area (Å²) in [7, 11) is 0. The molecule has 1 N–H and O–H groups in total. The summed E-state index contributed by atoms with van der Waals surface area (Å²) in [5.74, 6) is -1.07. The summed E-state index contributed by atoms with van der Waals surface area (Å²) in [6.07, 6.45) is 4.62. The number of aromatic carboxylic acids is 1. The van der Waals surface area contributed by atoms with Gasteiger partial charge in [0.05, 0.1) is 16.3 Å². The number of pyridine rings is 2. The van der Waals surface area contributed by atoms with Gasteiger partial charge in [0.1, 0.15) is 0 Å². The highest BCUT2D eigenvalue weighted by atomic mass is 35.5. The molecule has 0 saturated heterocycles. The van der Waals surface area contributed by atoms with Crippen molar-refractivity contribution in [2.24, 2.45) is 0 Å². The summed E-state index contributed by atoms with van der Waals surface area (Å²) >= 11 is 5.97. The molecule has 0 bridgehead atoms. The summed E-state index contributed by atoms with van der Waals surface area (Å²) in [5.41, 5.74) is 1.15. The summed E-state index contributed by atoms with van der Waals surface area (Å²) in [4.78, 5) is 18.9.